The summed E-state index contributed by atoms with van der Waals surface area (Å²) >= 11 is 0. The van der Waals surface area contributed by atoms with Crippen LogP contribution in [0.4, 0.5) is 15.8 Å². The number of ether oxygens (including phenoxy) is 1. The Bertz CT molecular complexity index is 1490. The minimum atomic E-state index is -0.539. The predicted molar refractivity (Wildman–Crippen MR) is 164 cm³/mol. The lowest BCUT2D eigenvalue weighted by Gasteiger charge is -2.41. The molecule has 2 amide bonds. The van der Waals surface area contributed by atoms with Crippen molar-refractivity contribution in [2.75, 3.05) is 30.4 Å². The van der Waals surface area contributed by atoms with Crippen LogP contribution in [0, 0.1) is 18.7 Å². The van der Waals surface area contributed by atoms with E-state index in [1.54, 1.807) is 24.0 Å². The van der Waals surface area contributed by atoms with Gasteiger partial charge in [-0.1, -0.05) is 36.4 Å². The number of carbonyl (C=O) groups excluding carboxylic acids is 2. The van der Waals surface area contributed by atoms with Crippen LogP contribution in [0.15, 0.2) is 66.7 Å². The molecule has 0 unspecified atom stereocenters. The van der Waals surface area contributed by atoms with E-state index < -0.39 is 17.8 Å². The molecule has 0 spiro atoms. The average molecular weight is 568 g/mol. The highest BCUT2D eigenvalue weighted by Gasteiger charge is 2.40. The van der Waals surface area contributed by atoms with Crippen LogP contribution in [0.1, 0.15) is 71.3 Å². The maximum Gasteiger partial charge on any atom is 0.257 e. The molecule has 6 nitrogen and oxygen atoms in total. The first kappa shape index (κ1) is 28.2. The third-order valence-corrected chi connectivity index (χ3v) is 8.94. The number of hydrogen-bond acceptors (Lipinski definition) is 4. The van der Waals surface area contributed by atoms with Crippen molar-refractivity contribution in [3.63, 3.8) is 0 Å². The summed E-state index contributed by atoms with van der Waals surface area (Å²) in [5.41, 5.74) is 6.89. The van der Waals surface area contributed by atoms with Crippen molar-refractivity contribution in [3.8, 4) is 0 Å². The van der Waals surface area contributed by atoms with Gasteiger partial charge in [0.1, 0.15) is 5.82 Å². The van der Waals surface area contributed by atoms with Crippen molar-refractivity contribution in [1.82, 2.24) is 4.90 Å². The van der Waals surface area contributed by atoms with Crippen molar-refractivity contribution in [2.45, 2.75) is 58.0 Å². The zero-order valence-electron chi connectivity index (χ0n) is 24.3. The van der Waals surface area contributed by atoms with Gasteiger partial charge in [0.2, 0.25) is 5.91 Å². The minimum Gasteiger partial charge on any atom is -0.382 e. The topological polar surface area (TPSA) is 70.7 Å². The molecule has 2 N–H and O–H groups in total. The van der Waals surface area contributed by atoms with Crippen LogP contribution in [0.2, 0.25) is 0 Å². The standard InChI is InChI=1S/C35H38FN3O3/c1-22-8-9-24-10-15-28(21-30(22)24)38-34(40)29-6-4-18-39(35(41)32-23(2)5-3-7-31(32)36)33(29)25-11-13-26(14-12-25)37-27-16-19-42-20-17-27/h3,5,7-8,10-15,21,27,29,33,37H,4,6,9,16-20H2,1-2H3,(H,38,40)/t29-,33-/m0/s1. The van der Waals surface area contributed by atoms with Gasteiger partial charge in [0, 0.05) is 37.2 Å². The molecule has 6 rings (SSSR count). The Labute approximate surface area is 247 Å². The Morgan fingerprint density at radius 3 is 2.48 bits per heavy atom. The number of anilines is 2. The van der Waals surface area contributed by atoms with Gasteiger partial charge in [0.15, 0.2) is 0 Å². The van der Waals surface area contributed by atoms with Crippen LogP contribution in [-0.4, -0.2) is 42.5 Å². The minimum absolute atomic E-state index is 0.0715. The SMILES string of the molecule is CC1=CCc2ccc(NC(=O)[C@H]3CCCN(C(=O)c4c(C)cccc4F)[C@H]3c3ccc(NC4CCOCC4)cc3)cc21. The third kappa shape index (κ3) is 5.71. The van der Waals surface area contributed by atoms with Crippen LogP contribution < -0.4 is 10.6 Å². The second-order valence-corrected chi connectivity index (χ2v) is 11.7. The highest BCUT2D eigenvalue weighted by molar-refractivity contribution is 5.98. The van der Waals surface area contributed by atoms with E-state index >= 15 is 0 Å². The number of nitrogens with zero attached hydrogens (tertiary/aromatic N) is 1. The summed E-state index contributed by atoms with van der Waals surface area (Å²) in [5.74, 6) is -1.54. The van der Waals surface area contributed by atoms with E-state index in [4.69, 9.17) is 4.74 Å². The van der Waals surface area contributed by atoms with Gasteiger partial charge in [-0.3, -0.25) is 9.59 Å². The number of allylic oxidation sites excluding steroid dienone is 2. The maximum atomic E-state index is 15.0. The quantitative estimate of drug-likeness (QED) is 0.339. The van der Waals surface area contributed by atoms with Gasteiger partial charge in [0.05, 0.1) is 17.5 Å². The number of fused-ring (bicyclic) bond motifs is 1. The van der Waals surface area contributed by atoms with Crippen molar-refractivity contribution < 1.29 is 18.7 Å². The van der Waals surface area contributed by atoms with E-state index in [-0.39, 0.29) is 17.4 Å². The number of benzene rings is 3. The van der Waals surface area contributed by atoms with Gasteiger partial charge >= 0.3 is 0 Å². The van der Waals surface area contributed by atoms with Crippen LogP contribution in [0.25, 0.3) is 5.57 Å². The zero-order valence-corrected chi connectivity index (χ0v) is 24.3. The summed E-state index contributed by atoms with van der Waals surface area (Å²) in [6, 6.07) is 18.6. The van der Waals surface area contributed by atoms with Crippen LogP contribution >= 0.6 is 0 Å². The van der Waals surface area contributed by atoms with E-state index in [9.17, 15) is 14.0 Å². The average Bonchev–Trinajstić information content (AvgIpc) is 3.37. The van der Waals surface area contributed by atoms with Crippen molar-refractivity contribution in [2.24, 2.45) is 5.92 Å². The van der Waals surface area contributed by atoms with E-state index in [1.165, 1.54) is 17.2 Å². The molecular weight excluding hydrogens is 529 g/mol. The van der Waals surface area contributed by atoms with E-state index in [0.29, 0.717) is 31.0 Å². The van der Waals surface area contributed by atoms with Crippen molar-refractivity contribution in [3.05, 3.63) is 100 Å². The lowest BCUT2D eigenvalue weighted by molar-refractivity contribution is -0.123. The van der Waals surface area contributed by atoms with Crippen LogP contribution in [-0.2, 0) is 16.0 Å². The zero-order chi connectivity index (χ0) is 29.2. The van der Waals surface area contributed by atoms with E-state index in [1.807, 2.05) is 36.4 Å². The number of likely N-dealkylation sites (tertiary alicyclic amines) is 1. The summed E-state index contributed by atoms with van der Waals surface area (Å²) in [5, 5.41) is 6.73. The predicted octanol–water partition coefficient (Wildman–Crippen LogP) is 6.92. The fourth-order valence-electron chi connectivity index (χ4n) is 6.62. The number of halogens is 1. The number of rotatable bonds is 6. The summed E-state index contributed by atoms with van der Waals surface area (Å²) in [4.78, 5) is 29.6. The molecule has 3 aliphatic rings. The molecule has 0 radical (unpaired) electrons. The highest BCUT2D eigenvalue weighted by Crippen LogP contribution is 2.39. The summed E-state index contributed by atoms with van der Waals surface area (Å²) in [6.45, 7) is 5.79. The Balaban J connectivity index is 1.31. The van der Waals surface area contributed by atoms with Crippen molar-refractivity contribution in [1.29, 1.82) is 0 Å². The van der Waals surface area contributed by atoms with Gasteiger partial charge in [-0.2, -0.15) is 0 Å². The summed E-state index contributed by atoms with van der Waals surface area (Å²) in [7, 11) is 0. The first-order valence-electron chi connectivity index (χ1n) is 15.0. The molecular formula is C35H38FN3O3. The smallest absolute Gasteiger partial charge is 0.257 e. The Hall–Kier alpha value is -3.97. The summed E-state index contributed by atoms with van der Waals surface area (Å²) in [6.07, 6.45) is 6.30. The van der Waals surface area contributed by atoms with E-state index in [0.717, 1.165) is 55.0 Å². The number of carbonyl (C=O) groups is 2. The van der Waals surface area contributed by atoms with Crippen LogP contribution in [0.5, 0.6) is 0 Å². The fourth-order valence-corrected chi connectivity index (χ4v) is 6.62. The molecule has 2 fully saturated rings. The number of nitrogens with one attached hydrogen (secondary N) is 2. The van der Waals surface area contributed by atoms with Crippen molar-refractivity contribution >= 4 is 28.8 Å². The molecule has 0 saturated carbocycles. The third-order valence-electron chi connectivity index (χ3n) is 8.94. The number of amides is 2. The van der Waals surface area contributed by atoms with Gasteiger partial charge in [-0.05, 0) is 104 Å². The lowest BCUT2D eigenvalue weighted by Crippen LogP contribution is -2.46. The monoisotopic (exact) mass is 567 g/mol. The fraction of sp³-hybridized carbons (Fsp3) is 0.371. The Morgan fingerprint density at radius 1 is 0.952 bits per heavy atom. The molecule has 0 aromatic heterocycles. The number of aryl methyl sites for hydroxylation is 1. The van der Waals surface area contributed by atoms with E-state index in [2.05, 4.69) is 29.7 Å². The molecule has 3 aromatic carbocycles. The molecule has 2 aliphatic heterocycles. The largest absolute Gasteiger partial charge is 0.382 e. The highest BCUT2D eigenvalue weighted by atomic mass is 19.1. The molecule has 2 atom stereocenters. The second kappa shape index (κ2) is 12.1. The molecule has 218 valence electrons. The molecule has 0 bridgehead atoms. The number of piperidine rings is 1. The first-order valence-corrected chi connectivity index (χ1v) is 15.0. The molecule has 7 heteroatoms. The second-order valence-electron chi connectivity index (χ2n) is 11.7. The van der Waals surface area contributed by atoms with Gasteiger partial charge in [-0.25, -0.2) is 4.39 Å². The Kier molecular flexibility index (Phi) is 8.11. The molecule has 2 heterocycles. The number of hydrogen-bond donors (Lipinski definition) is 2. The lowest BCUT2D eigenvalue weighted by atomic mass is 9.83. The molecule has 1 aliphatic carbocycles. The van der Waals surface area contributed by atoms with Gasteiger partial charge < -0.3 is 20.3 Å². The van der Waals surface area contributed by atoms with Gasteiger partial charge in [0.25, 0.3) is 5.91 Å². The summed E-state index contributed by atoms with van der Waals surface area (Å²) < 4.78 is 20.5. The van der Waals surface area contributed by atoms with Crippen LogP contribution in [0.3, 0.4) is 0 Å². The Morgan fingerprint density at radius 2 is 1.71 bits per heavy atom. The maximum absolute atomic E-state index is 15.0. The normalized spacial score (nSPS) is 20.5. The molecule has 42 heavy (non-hydrogen) atoms. The molecule has 3 aromatic rings. The van der Waals surface area contributed by atoms with Gasteiger partial charge in [-0.15, -0.1) is 0 Å². The molecule has 2 saturated heterocycles. The first-order chi connectivity index (χ1) is 20.4.